The molecule has 3 heterocycles. The lowest BCUT2D eigenvalue weighted by Crippen LogP contribution is -2.66. The Kier molecular flexibility index (Phi) is 46.9. The third-order valence-corrected chi connectivity index (χ3v) is 17.7. The van der Waals surface area contributed by atoms with Crippen LogP contribution in [0.3, 0.4) is 0 Å². The maximum Gasteiger partial charge on any atom is 0.220 e. The van der Waals surface area contributed by atoms with Crippen LogP contribution < -0.4 is 5.32 Å². The molecule has 3 aliphatic rings. The van der Waals surface area contributed by atoms with Crippen LogP contribution in [0.15, 0.2) is 36.5 Å². The van der Waals surface area contributed by atoms with Crippen LogP contribution in [0.4, 0.5) is 0 Å². The molecular weight excluding hydrogens is 1130 g/mol. The average molecular weight is 1260 g/mol. The van der Waals surface area contributed by atoms with Crippen molar-refractivity contribution in [1.29, 1.82) is 0 Å². The lowest BCUT2D eigenvalue weighted by atomic mass is 9.96. The molecule has 17 atom stereocenters. The highest BCUT2D eigenvalue weighted by Crippen LogP contribution is 2.33. The highest BCUT2D eigenvalue weighted by atomic mass is 16.8. The number of hydrogen-bond acceptors (Lipinski definition) is 18. The van der Waals surface area contributed by atoms with Crippen molar-refractivity contribution in [2.45, 2.75) is 369 Å². The lowest BCUT2D eigenvalue weighted by Gasteiger charge is -2.48. The van der Waals surface area contributed by atoms with Crippen molar-refractivity contribution in [3.05, 3.63) is 36.5 Å². The van der Waals surface area contributed by atoms with E-state index in [1.807, 2.05) is 6.08 Å². The summed E-state index contributed by atoms with van der Waals surface area (Å²) in [4.78, 5) is 13.4. The van der Waals surface area contributed by atoms with Gasteiger partial charge >= 0.3 is 0 Å². The Morgan fingerprint density at radius 3 is 1.11 bits per heavy atom. The molecule has 0 aliphatic carbocycles. The van der Waals surface area contributed by atoms with E-state index in [0.717, 1.165) is 51.4 Å². The van der Waals surface area contributed by atoms with Crippen LogP contribution in [0, 0.1) is 0 Å². The number of ether oxygens (including phenoxy) is 6. The first-order chi connectivity index (χ1) is 42.8. The van der Waals surface area contributed by atoms with Gasteiger partial charge in [-0.25, -0.2) is 0 Å². The fourth-order valence-electron chi connectivity index (χ4n) is 11.9. The van der Waals surface area contributed by atoms with Crippen LogP contribution in [0.1, 0.15) is 264 Å². The molecule has 516 valence electrons. The van der Waals surface area contributed by atoms with Gasteiger partial charge in [-0.15, -0.1) is 0 Å². The van der Waals surface area contributed by atoms with Crippen LogP contribution >= 0.6 is 0 Å². The monoisotopic (exact) mass is 1260 g/mol. The van der Waals surface area contributed by atoms with Crippen molar-refractivity contribution in [3.8, 4) is 0 Å². The molecule has 0 saturated carbocycles. The molecule has 19 heteroatoms. The molecule has 3 rings (SSSR count). The quantitative estimate of drug-likeness (QED) is 0.0199. The molecule has 12 N–H and O–H groups in total. The molecule has 17 unspecified atom stereocenters. The highest BCUT2D eigenvalue weighted by molar-refractivity contribution is 5.76. The number of rotatable bonds is 54. The van der Waals surface area contributed by atoms with E-state index in [-0.39, 0.29) is 18.9 Å². The number of carbonyl (C=O) groups excluding carboxylic acids is 1. The molecule has 0 bridgehead atoms. The second-order valence-electron chi connectivity index (χ2n) is 25.3. The van der Waals surface area contributed by atoms with Gasteiger partial charge in [-0.2, -0.15) is 0 Å². The first kappa shape index (κ1) is 80.2. The van der Waals surface area contributed by atoms with E-state index in [4.69, 9.17) is 28.4 Å². The van der Waals surface area contributed by atoms with Crippen LogP contribution in [0.25, 0.3) is 0 Å². The first-order valence-electron chi connectivity index (χ1n) is 35.2. The second-order valence-corrected chi connectivity index (χ2v) is 25.3. The predicted molar refractivity (Wildman–Crippen MR) is 342 cm³/mol. The van der Waals surface area contributed by atoms with E-state index >= 15 is 0 Å². The molecular formula is C69H127NO18. The Balaban J connectivity index is 1.34. The molecule has 1 amide bonds. The molecule has 19 nitrogen and oxygen atoms in total. The van der Waals surface area contributed by atoms with E-state index in [1.54, 1.807) is 6.08 Å². The Labute approximate surface area is 530 Å². The third-order valence-electron chi connectivity index (χ3n) is 17.7. The van der Waals surface area contributed by atoms with Crippen molar-refractivity contribution in [1.82, 2.24) is 5.32 Å². The number of unbranched alkanes of at least 4 members (excludes halogenated alkanes) is 34. The van der Waals surface area contributed by atoms with Crippen molar-refractivity contribution in [2.24, 2.45) is 0 Å². The number of aliphatic hydroxyl groups excluding tert-OH is 11. The molecule has 0 aromatic heterocycles. The maximum absolute atomic E-state index is 13.4. The minimum absolute atomic E-state index is 0.235. The van der Waals surface area contributed by atoms with E-state index in [2.05, 4.69) is 43.5 Å². The lowest BCUT2D eigenvalue weighted by molar-refractivity contribution is -0.379. The Morgan fingerprint density at radius 2 is 0.727 bits per heavy atom. The SMILES string of the molecule is CCC/C=C/CC/C=C/CC/C=C/C(O)C(COC1OC(CO)C(OC2OC(CO)C(OC3OC(CO)C(O)C(O)C3O)C(O)C2O)C(O)C1O)NC(=O)CCCCCCCCCCCCCCCCCCCCCCCCCCCCCCCCCC. The summed E-state index contributed by atoms with van der Waals surface area (Å²) in [5.74, 6) is -0.287. The Hall–Kier alpha value is -1.99. The summed E-state index contributed by atoms with van der Waals surface area (Å²) in [5.41, 5.74) is 0. The van der Waals surface area contributed by atoms with Crippen LogP contribution in [-0.4, -0.2) is 193 Å². The van der Waals surface area contributed by atoms with Crippen molar-refractivity contribution >= 4 is 5.91 Å². The van der Waals surface area contributed by atoms with Crippen molar-refractivity contribution in [3.63, 3.8) is 0 Å². The standard InChI is InChI=1S/C69H127NO18/c1-3-5-7-9-11-13-15-16-17-18-19-20-21-22-23-24-25-26-27-28-29-30-31-32-33-34-35-37-39-41-43-45-47-57(75)70-52(53(74)46-44-42-40-38-36-14-12-10-8-6-4-2)51-83-67-63(81)60(78)65(55(49-72)85-67)88-69-64(82)61(79)66(56(50-73)86-69)87-68-62(80)59(77)58(76)54(48-71)84-68/h8,10,36,38,44,46,52-56,58-69,71-74,76-82H,3-7,9,11-35,37,39-43,45,47-51H2,1-2H3,(H,70,75)/b10-8+,38-36+,46-44+. The maximum atomic E-state index is 13.4. The Morgan fingerprint density at radius 1 is 0.398 bits per heavy atom. The molecule has 0 aromatic carbocycles. The summed E-state index contributed by atoms with van der Waals surface area (Å²) < 4.78 is 34.2. The van der Waals surface area contributed by atoms with E-state index in [0.29, 0.717) is 12.8 Å². The number of aliphatic hydroxyl groups is 11. The first-order valence-corrected chi connectivity index (χ1v) is 35.2. The molecule has 3 fully saturated rings. The van der Waals surface area contributed by atoms with Gasteiger partial charge in [0.15, 0.2) is 18.9 Å². The predicted octanol–water partition coefficient (Wildman–Crippen LogP) is 9.22. The fraction of sp³-hybridized carbons (Fsp3) is 0.899. The molecule has 0 radical (unpaired) electrons. The number of carbonyl (C=O) groups is 1. The number of allylic oxidation sites excluding steroid dienone is 5. The van der Waals surface area contributed by atoms with Gasteiger partial charge in [0.05, 0.1) is 38.6 Å². The number of amides is 1. The van der Waals surface area contributed by atoms with Crippen LogP contribution in [0.5, 0.6) is 0 Å². The molecule has 0 spiro atoms. The highest BCUT2D eigenvalue weighted by Gasteiger charge is 2.53. The van der Waals surface area contributed by atoms with Gasteiger partial charge in [0.25, 0.3) is 0 Å². The number of nitrogens with one attached hydrogen (secondary N) is 1. The summed E-state index contributed by atoms with van der Waals surface area (Å²) >= 11 is 0. The van der Waals surface area contributed by atoms with Crippen LogP contribution in [-0.2, 0) is 33.2 Å². The topological polar surface area (TPSA) is 307 Å². The largest absolute Gasteiger partial charge is 0.394 e. The van der Waals surface area contributed by atoms with Gasteiger partial charge < -0.3 is 89.9 Å². The molecule has 0 aromatic rings. The molecule has 3 aliphatic heterocycles. The summed E-state index contributed by atoms with van der Waals surface area (Å²) in [5, 5.41) is 120. The normalized spacial score (nSPS) is 28.6. The van der Waals surface area contributed by atoms with Crippen LogP contribution in [0.2, 0.25) is 0 Å². The molecule has 3 saturated heterocycles. The fourth-order valence-corrected chi connectivity index (χ4v) is 11.9. The van der Waals surface area contributed by atoms with Gasteiger partial charge in [-0.3, -0.25) is 4.79 Å². The zero-order chi connectivity index (χ0) is 64.0. The minimum atomic E-state index is -1.98. The summed E-state index contributed by atoms with van der Waals surface area (Å²) in [6.07, 6.45) is 33.2. The zero-order valence-corrected chi connectivity index (χ0v) is 54.5. The second kappa shape index (κ2) is 51.4. The summed E-state index contributed by atoms with van der Waals surface area (Å²) in [6.45, 7) is 1.64. The summed E-state index contributed by atoms with van der Waals surface area (Å²) in [7, 11) is 0. The van der Waals surface area contributed by atoms with Gasteiger partial charge in [-0.1, -0.05) is 256 Å². The van der Waals surface area contributed by atoms with Gasteiger partial charge in [0.2, 0.25) is 5.91 Å². The Bertz CT molecular complexity index is 1740. The zero-order valence-electron chi connectivity index (χ0n) is 54.5. The average Bonchev–Trinajstić information content (AvgIpc) is 3.17. The smallest absolute Gasteiger partial charge is 0.220 e. The van der Waals surface area contributed by atoms with E-state index in [9.17, 15) is 61.0 Å². The number of hydrogen-bond donors (Lipinski definition) is 12. The molecule has 88 heavy (non-hydrogen) atoms. The third kappa shape index (κ3) is 33.2. The van der Waals surface area contributed by atoms with Crippen molar-refractivity contribution < 1.29 is 89.4 Å². The van der Waals surface area contributed by atoms with Gasteiger partial charge in [-0.05, 0) is 38.5 Å². The van der Waals surface area contributed by atoms with Crippen molar-refractivity contribution in [2.75, 3.05) is 26.4 Å². The van der Waals surface area contributed by atoms with Gasteiger partial charge in [0, 0.05) is 6.42 Å². The van der Waals surface area contributed by atoms with E-state index < -0.39 is 124 Å². The van der Waals surface area contributed by atoms with E-state index in [1.165, 1.54) is 180 Å². The minimum Gasteiger partial charge on any atom is -0.394 e. The van der Waals surface area contributed by atoms with Gasteiger partial charge in [0.1, 0.15) is 73.2 Å². The summed E-state index contributed by atoms with van der Waals surface area (Å²) in [6, 6.07) is -0.993.